The van der Waals surface area contributed by atoms with Crippen LogP contribution in [0, 0.1) is 5.92 Å². The zero-order valence-corrected chi connectivity index (χ0v) is 15.0. The molecular formula is C19H22N4O3. The Balaban J connectivity index is 1.67. The molecule has 0 saturated carbocycles. The first-order valence-electron chi connectivity index (χ1n) is 8.91. The van der Waals surface area contributed by atoms with Crippen molar-refractivity contribution in [1.82, 2.24) is 9.55 Å². The second-order valence-electron chi connectivity index (χ2n) is 6.62. The number of aryl methyl sites for hydroxylation is 1. The Morgan fingerprint density at radius 1 is 1.31 bits per heavy atom. The molecule has 0 spiro atoms. The fraction of sp³-hybridized carbons (Fsp3) is 0.421. The Morgan fingerprint density at radius 3 is 2.85 bits per heavy atom. The van der Waals surface area contributed by atoms with Gasteiger partial charge in [0.05, 0.1) is 17.3 Å². The molecule has 0 aliphatic carbocycles. The topological polar surface area (TPSA) is 67.7 Å². The van der Waals surface area contributed by atoms with Gasteiger partial charge in [0.15, 0.2) is 0 Å². The van der Waals surface area contributed by atoms with Crippen molar-refractivity contribution in [2.24, 2.45) is 5.92 Å². The Morgan fingerprint density at radius 2 is 2.08 bits per heavy atom. The SMILES string of the molecule is CCn1ccnc1[C@@H]1OCC[C@H]1C(=O)N1CC(=O)N(C)c2ccccc21. The predicted molar refractivity (Wildman–Crippen MR) is 96.9 cm³/mol. The van der Waals surface area contributed by atoms with Gasteiger partial charge in [0.1, 0.15) is 18.5 Å². The van der Waals surface area contributed by atoms with Crippen molar-refractivity contribution in [3.05, 3.63) is 42.5 Å². The van der Waals surface area contributed by atoms with E-state index in [4.69, 9.17) is 4.74 Å². The van der Waals surface area contributed by atoms with Gasteiger partial charge in [-0.1, -0.05) is 12.1 Å². The summed E-state index contributed by atoms with van der Waals surface area (Å²) < 4.78 is 7.87. The highest BCUT2D eigenvalue weighted by molar-refractivity contribution is 6.11. The van der Waals surface area contributed by atoms with Crippen molar-refractivity contribution in [1.29, 1.82) is 0 Å². The number of likely N-dealkylation sites (N-methyl/N-ethyl adjacent to an activating group) is 1. The lowest BCUT2D eigenvalue weighted by Gasteiger charge is -2.35. The number of carbonyl (C=O) groups is 2. The standard InChI is InChI=1S/C19H22N4O3/c1-3-22-10-9-20-18(22)17-13(8-11-26-17)19(25)23-12-16(24)21(2)14-6-4-5-7-15(14)23/h4-7,9-10,13,17H,3,8,11-12H2,1-2H3/t13-,17-/m1/s1. The highest BCUT2D eigenvalue weighted by Crippen LogP contribution is 2.39. The van der Waals surface area contributed by atoms with Gasteiger partial charge in [-0.25, -0.2) is 4.98 Å². The van der Waals surface area contributed by atoms with Crippen LogP contribution < -0.4 is 9.80 Å². The maximum absolute atomic E-state index is 13.4. The highest BCUT2D eigenvalue weighted by atomic mass is 16.5. The summed E-state index contributed by atoms with van der Waals surface area (Å²) in [5, 5.41) is 0. The van der Waals surface area contributed by atoms with Crippen LogP contribution in [0.4, 0.5) is 11.4 Å². The van der Waals surface area contributed by atoms with E-state index in [1.165, 1.54) is 0 Å². The number of benzene rings is 1. The number of hydrogen-bond acceptors (Lipinski definition) is 4. The van der Waals surface area contributed by atoms with E-state index in [0.29, 0.717) is 13.0 Å². The van der Waals surface area contributed by atoms with E-state index in [0.717, 1.165) is 23.7 Å². The fourth-order valence-corrected chi connectivity index (χ4v) is 3.78. The summed E-state index contributed by atoms with van der Waals surface area (Å²) in [6.45, 7) is 3.37. The molecule has 0 unspecified atom stereocenters. The molecule has 2 aliphatic heterocycles. The van der Waals surface area contributed by atoms with Gasteiger partial charge in [-0.15, -0.1) is 0 Å². The molecule has 3 heterocycles. The fourth-order valence-electron chi connectivity index (χ4n) is 3.78. The zero-order chi connectivity index (χ0) is 18.3. The van der Waals surface area contributed by atoms with Crippen LogP contribution in [-0.4, -0.2) is 41.6 Å². The smallest absolute Gasteiger partial charge is 0.246 e. The Labute approximate surface area is 152 Å². The lowest BCUT2D eigenvalue weighted by atomic mass is 9.97. The molecular weight excluding hydrogens is 332 g/mol. The van der Waals surface area contributed by atoms with E-state index in [2.05, 4.69) is 4.98 Å². The van der Waals surface area contributed by atoms with Crippen LogP contribution in [0.25, 0.3) is 0 Å². The van der Waals surface area contributed by atoms with Gasteiger partial charge in [0, 0.05) is 32.6 Å². The molecule has 26 heavy (non-hydrogen) atoms. The highest BCUT2D eigenvalue weighted by Gasteiger charge is 2.42. The lowest BCUT2D eigenvalue weighted by molar-refractivity contribution is -0.126. The summed E-state index contributed by atoms with van der Waals surface area (Å²) in [6, 6.07) is 7.50. The van der Waals surface area contributed by atoms with Gasteiger partial charge in [-0.2, -0.15) is 0 Å². The number of anilines is 2. The first-order chi connectivity index (χ1) is 12.6. The molecule has 7 nitrogen and oxygen atoms in total. The number of rotatable bonds is 3. The molecule has 136 valence electrons. The third-order valence-corrected chi connectivity index (χ3v) is 5.22. The number of imidazole rings is 1. The summed E-state index contributed by atoms with van der Waals surface area (Å²) in [7, 11) is 1.74. The number of fused-ring (bicyclic) bond motifs is 1. The van der Waals surface area contributed by atoms with Crippen LogP contribution in [0.3, 0.4) is 0 Å². The second-order valence-corrected chi connectivity index (χ2v) is 6.62. The number of carbonyl (C=O) groups excluding carboxylic acids is 2. The van der Waals surface area contributed by atoms with E-state index in [-0.39, 0.29) is 30.4 Å². The molecule has 0 bridgehead atoms. The van der Waals surface area contributed by atoms with Crippen LogP contribution >= 0.6 is 0 Å². The van der Waals surface area contributed by atoms with Crippen LogP contribution in [0.15, 0.2) is 36.7 Å². The molecule has 1 aromatic carbocycles. The van der Waals surface area contributed by atoms with Gasteiger partial charge in [0.25, 0.3) is 0 Å². The zero-order valence-electron chi connectivity index (χ0n) is 15.0. The van der Waals surface area contributed by atoms with Crippen LogP contribution in [0.1, 0.15) is 25.3 Å². The van der Waals surface area contributed by atoms with Crippen molar-refractivity contribution in [3.63, 3.8) is 0 Å². The molecule has 1 fully saturated rings. The normalized spacial score (nSPS) is 22.6. The maximum Gasteiger partial charge on any atom is 0.246 e. The second kappa shape index (κ2) is 6.57. The Bertz CT molecular complexity index is 847. The lowest BCUT2D eigenvalue weighted by Crippen LogP contribution is -2.49. The van der Waals surface area contributed by atoms with E-state index in [9.17, 15) is 9.59 Å². The van der Waals surface area contributed by atoms with Crippen LogP contribution in [0.5, 0.6) is 0 Å². The molecule has 4 rings (SSSR count). The third-order valence-electron chi connectivity index (χ3n) is 5.22. The Kier molecular flexibility index (Phi) is 4.24. The molecule has 1 saturated heterocycles. The van der Waals surface area contributed by atoms with Crippen molar-refractivity contribution in [2.45, 2.75) is 26.0 Å². The minimum absolute atomic E-state index is 0.0534. The summed E-state index contributed by atoms with van der Waals surface area (Å²) in [5.74, 6) is 0.263. The van der Waals surface area contributed by atoms with Gasteiger partial charge < -0.3 is 19.1 Å². The van der Waals surface area contributed by atoms with Gasteiger partial charge >= 0.3 is 0 Å². The van der Waals surface area contributed by atoms with Gasteiger partial charge in [0.2, 0.25) is 11.8 Å². The number of ether oxygens (including phenoxy) is 1. The first kappa shape index (κ1) is 16.8. The molecule has 0 N–H and O–H groups in total. The largest absolute Gasteiger partial charge is 0.369 e. The molecule has 0 radical (unpaired) electrons. The summed E-state index contributed by atoms with van der Waals surface area (Å²) in [6.07, 6.45) is 3.88. The summed E-state index contributed by atoms with van der Waals surface area (Å²) in [4.78, 5) is 33.4. The van der Waals surface area contributed by atoms with E-state index >= 15 is 0 Å². The van der Waals surface area contributed by atoms with Crippen molar-refractivity contribution in [2.75, 3.05) is 30.0 Å². The molecule has 7 heteroatoms. The van der Waals surface area contributed by atoms with Gasteiger partial charge in [-0.3, -0.25) is 9.59 Å². The number of aromatic nitrogens is 2. The summed E-state index contributed by atoms with van der Waals surface area (Å²) >= 11 is 0. The monoisotopic (exact) mass is 354 g/mol. The molecule has 2 aliphatic rings. The van der Waals surface area contributed by atoms with Crippen molar-refractivity contribution in [3.8, 4) is 0 Å². The molecule has 2 amide bonds. The number of nitrogens with zero attached hydrogens (tertiary/aromatic N) is 4. The minimum Gasteiger partial charge on any atom is -0.369 e. The Hall–Kier alpha value is -2.67. The number of para-hydroxylation sites is 2. The average molecular weight is 354 g/mol. The molecule has 2 atom stereocenters. The molecule has 2 aromatic rings. The predicted octanol–water partition coefficient (Wildman–Crippen LogP) is 1.99. The quantitative estimate of drug-likeness (QED) is 0.845. The van der Waals surface area contributed by atoms with E-state index in [1.54, 1.807) is 23.0 Å². The number of hydrogen-bond donors (Lipinski definition) is 0. The summed E-state index contributed by atoms with van der Waals surface area (Å²) in [5.41, 5.74) is 1.52. The first-order valence-corrected chi connectivity index (χ1v) is 8.91. The van der Waals surface area contributed by atoms with Crippen molar-refractivity contribution < 1.29 is 14.3 Å². The molecule has 1 aromatic heterocycles. The maximum atomic E-state index is 13.4. The average Bonchev–Trinajstić information content (AvgIpc) is 3.32. The van der Waals surface area contributed by atoms with Gasteiger partial charge in [-0.05, 0) is 25.5 Å². The number of amides is 2. The van der Waals surface area contributed by atoms with Crippen molar-refractivity contribution >= 4 is 23.2 Å². The minimum atomic E-state index is -0.376. The van der Waals surface area contributed by atoms with E-state index < -0.39 is 0 Å². The van der Waals surface area contributed by atoms with E-state index in [1.807, 2.05) is 42.0 Å². The van der Waals surface area contributed by atoms with Crippen LogP contribution in [-0.2, 0) is 20.9 Å². The van der Waals surface area contributed by atoms with Crippen LogP contribution in [0.2, 0.25) is 0 Å². The third kappa shape index (κ3) is 2.59.